The first kappa shape index (κ1) is 20.1. The molecule has 0 fully saturated rings. The molecule has 9 heteroatoms. The van der Waals surface area contributed by atoms with E-state index in [1.807, 2.05) is 12.1 Å². The van der Waals surface area contributed by atoms with E-state index >= 15 is 0 Å². The fraction of sp³-hybridized carbons (Fsp3) is 0.300. The largest absolute Gasteiger partial charge is 0.493 e. The highest BCUT2D eigenvalue weighted by molar-refractivity contribution is 5.95. The maximum atomic E-state index is 12.5. The number of hydrogen-bond acceptors (Lipinski definition) is 7. The predicted molar refractivity (Wildman–Crippen MR) is 102 cm³/mol. The van der Waals surface area contributed by atoms with Crippen LogP contribution in [0.3, 0.4) is 0 Å². The molecule has 0 aliphatic carbocycles. The Morgan fingerprint density at radius 2 is 1.76 bits per heavy atom. The van der Waals surface area contributed by atoms with Gasteiger partial charge in [-0.3, -0.25) is 14.9 Å². The molecule has 0 aromatic heterocycles. The fourth-order valence-electron chi connectivity index (χ4n) is 3.20. The van der Waals surface area contributed by atoms with Crippen molar-refractivity contribution in [3.8, 4) is 11.5 Å². The minimum atomic E-state index is -0.908. The minimum Gasteiger partial charge on any atom is -0.493 e. The molecule has 1 aliphatic heterocycles. The fourth-order valence-corrected chi connectivity index (χ4v) is 3.20. The zero-order valence-electron chi connectivity index (χ0n) is 16.0. The van der Waals surface area contributed by atoms with Gasteiger partial charge in [-0.1, -0.05) is 12.1 Å². The second-order valence-corrected chi connectivity index (χ2v) is 6.39. The van der Waals surface area contributed by atoms with Crippen LogP contribution < -0.4 is 9.47 Å². The maximum Gasteiger partial charge on any atom is 0.345 e. The van der Waals surface area contributed by atoms with Gasteiger partial charge in [0.05, 0.1) is 19.1 Å². The number of hydrogen-bond donors (Lipinski definition) is 0. The number of nitrogens with zero attached hydrogens (tertiary/aromatic N) is 2. The summed E-state index contributed by atoms with van der Waals surface area (Å²) in [5, 5.41) is 11.0. The van der Waals surface area contributed by atoms with Gasteiger partial charge in [-0.25, -0.2) is 4.79 Å². The predicted octanol–water partition coefficient (Wildman–Crippen LogP) is 2.35. The third-order valence-electron chi connectivity index (χ3n) is 4.72. The van der Waals surface area contributed by atoms with Gasteiger partial charge in [-0.05, 0) is 35.7 Å². The van der Waals surface area contributed by atoms with Crippen LogP contribution in [0.15, 0.2) is 36.4 Å². The summed E-state index contributed by atoms with van der Waals surface area (Å²) in [5.74, 6) is -0.0837. The van der Waals surface area contributed by atoms with Crippen molar-refractivity contribution in [1.82, 2.24) is 4.90 Å². The number of methoxy groups -OCH3 is 2. The van der Waals surface area contributed by atoms with Crippen LogP contribution in [0.1, 0.15) is 21.5 Å². The van der Waals surface area contributed by atoms with E-state index in [2.05, 4.69) is 0 Å². The molecule has 0 atom stereocenters. The molecule has 0 saturated carbocycles. The third-order valence-corrected chi connectivity index (χ3v) is 4.72. The summed E-state index contributed by atoms with van der Waals surface area (Å²) >= 11 is 0. The number of fused-ring (bicyclic) bond motifs is 1. The number of benzene rings is 2. The lowest BCUT2D eigenvalue weighted by molar-refractivity contribution is -0.385. The highest BCUT2D eigenvalue weighted by atomic mass is 16.6. The number of ether oxygens (including phenoxy) is 3. The zero-order valence-corrected chi connectivity index (χ0v) is 16.0. The van der Waals surface area contributed by atoms with Crippen molar-refractivity contribution in [1.29, 1.82) is 0 Å². The zero-order chi connectivity index (χ0) is 21.0. The van der Waals surface area contributed by atoms with Gasteiger partial charge in [-0.2, -0.15) is 0 Å². The first-order valence-electron chi connectivity index (χ1n) is 8.86. The van der Waals surface area contributed by atoms with E-state index < -0.39 is 17.5 Å². The van der Waals surface area contributed by atoms with Gasteiger partial charge < -0.3 is 19.1 Å². The summed E-state index contributed by atoms with van der Waals surface area (Å²) in [6, 6.07) is 9.17. The number of rotatable bonds is 6. The molecule has 0 radical (unpaired) electrons. The Morgan fingerprint density at radius 1 is 1.10 bits per heavy atom. The maximum absolute atomic E-state index is 12.5. The van der Waals surface area contributed by atoms with Gasteiger partial charge in [0.25, 0.3) is 11.6 Å². The van der Waals surface area contributed by atoms with Crippen molar-refractivity contribution in [3.05, 3.63) is 63.2 Å². The summed E-state index contributed by atoms with van der Waals surface area (Å²) in [5.41, 5.74) is 1.43. The summed E-state index contributed by atoms with van der Waals surface area (Å²) in [4.78, 5) is 36.6. The van der Waals surface area contributed by atoms with Gasteiger partial charge in [0, 0.05) is 19.2 Å². The number of nitro benzene ring substituents is 1. The molecule has 9 nitrogen and oxygen atoms in total. The van der Waals surface area contributed by atoms with Crippen LogP contribution in [0.4, 0.5) is 5.69 Å². The lowest BCUT2D eigenvalue weighted by Crippen LogP contribution is -2.38. The molecular formula is C20H20N2O7. The van der Waals surface area contributed by atoms with E-state index in [0.29, 0.717) is 31.0 Å². The molecule has 0 saturated heterocycles. The third kappa shape index (κ3) is 4.29. The van der Waals surface area contributed by atoms with Gasteiger partial charge in [-0.15, -0.1) is 0 Å². The monoisotopic (exact) mass is 400 g/mol. The second kappa shape index (κ2) is 8.59. The van der Waals surface area contributed by atoms with Gasteiger partial charge in [0.1, 0.15) is 5.56 Å². The first-order chi connectivity index (χ1) is 13.9. The average molecular weight is 400 g/mol. The van der Waals surface area contributed by atoms with Crippen LogP contribution in [-0.4, -0.2) is 49.1 Å². The molecular weight excluding hydrogens is 380 g/mol. The molecule has 0 N–H and O–H groups in total. The lowest BCUT2D eigenvalue weighted by atomic mass is 9.99. The number of para-hydroxylation sites is 1. The number of amides is 1. The van der Waals surface area contributed by atoms with Crippen LogP contribution in [0.5, 0.6) is 11.5 Å². The van der Waals surface area contributed by atoms with Crippen LogP contribution >= 0.6 is 0 Å². The van der Waals surface area contributed by atoms with E-state index in [4.69, 9.17) is 14.2 Å². The Balaban J connectivity index is 1.66. The summed E-state index contributed by atoms with van der Waals surface area (Å²) in [6.45, 7) is 0.315. The Kier molecular flexibility index (Phi) is 5.96. The number of esters is 1. The van der Waals surface area contributed by atoms with Gasteiger partial charge in [0.2, 0.25) is 0 Å². The van der Waals surface area contributed by atoms with E-state index in [-0.39, 0.29) is 17.2 Å². The molecule has 2 aromatic carbocycles. The van der Waals surface area contributed by atoms with E-state index in [9.17, 15) is 19.7 Å². The molecule has 3 rings (SSSR count). The topological polar surface area (TPSA) is 108 Å². The normalized spacial score (nSPS) is 12.7. The van der Waals surface area contributed by atoms with Crippen molar-refractivity contribution in [3.63, 3.8) is 0 Å². The first-order valence-corrected chi connectivity index (χ1v) is 8.86. The minimum absolute atomic E-state index is 0.189. The van der Waals surface area contributed by atoms with Gasteiger partial charge in [0.15, 0.2) is 18.1 Å². The lowest BCUT2D eigenvalue weighted by Gasteiger charge is -2.29. The Hall–Kier alpha value is -3.62. The molecule has 0 spiro atoms. The molecule has 29 heavy (non-hydrogen) atoms. The van der Waals surface area contributed by atoms with E-state index in [0.717, 1.165) is 11.1 Å². The molecule has 152 valence electrons. The van der Waals surface area contributed by atoms with Crippen LogP contribution in [0.2, 0.25) is 0 Å². The Morgan fingerprint density at radius 3 is 2.41 bits per heavy atom. The van der Waals surface area contributed by atoms with Crippen molar-refractivity contribution >= 4 is 17.6 Å². The Labute approximate surface area is 166 Å². The number of carbonyl (C=O) groups is 2. The quantitative estimate of drug-likeness (QED) is 0.416. The summed E-state index contributed by atoms with van der Waals surface area (Å²) < 4.78 is 15.6. The molecule has 1 amide bonds. The number of nitro groups is 1. The van der Waals surface area contributed by atoms with Crippen LogP contribution in [0, 0.1) is 10.1 Å². The molecule has 1 heterocycles. The SMILES string of the molecule is COc1cc2c(cc1OC)CN(C(=O)COC(=O)c1ccccc1[N+](=O)[O-])CC2. The summed E-state index contributed by atoms with van der Waals surface area (Å²) in [6.07, 6.45) is 0.625. The van der Waals surface area contributed by atoms with Crippen molar-refractivity contribution in [2.75, 3.05) is 27.4 Å². The molecule has 0 bridgehead atoms. The van der Waals surface area contributed by atoms with Crippen molar-refractivity contribution in [2.45, 2.75) is 13.0 Å². The van der Waals surface area contributed by atoms with E-state index in [1.165, 1.54) is 31.4 Å². The molecule has 1 aliphatic rings. The smallest absolute Gasteiger partial charge is 0.345 e. The van der Waals surface area contributed by atoms with Crippen molar-refractivity contribution in [2.24, 2.45) is 0 Å². The summed E-state index contributed by atoms with van der Waals surface area (Å²) in [7, 11) is 3.10. The van der Waals surface area contributed by atoms with Crippen LogP contribution in [-0.2, 0) is 22.5 Å². The highest BCUT2D eigenvalue weighted by Crippen LogP contribution is 2.33. The molecule has 0 unspecified atom stereocenters. The Bertz CT molecular complexity index is 958. The second-order valence-electron chi connectivity index (χ2n) is 6.39. The highest BCUT2D eigenvalue weighted by Gasteiger charge is 2.25. The number of carbonyl (C=O) groups excluding carboxylic acids is 2. The standard InChI is InChI=1S/C20H20N2O7/c1-27-17-9-13-7-8-21(11-14(13)10-18(17)28-2)19(23)12-29-20(24)15-5-3-4-6-16(15)22(25)26/h3-6,9-10H,7-8,11-12H2,1-2H3. The van der Waals surface area contributed by atoms with Crippen molar-refractivity contribution < 1.29 is 28.7 Å². The van der Waals surface area contributed by atoms with E-state index in [1.54, 1.807) is 12.0 Å². The molecule has 2 aromatic rings. The van der Waals surface area contributed by atoms with Gasteiger partial charge >= 0.3 is 5.97 Å². The average Bonchev–Trinajstić information content (AvgIpc) is 2.75. The van der Waals surface area contributed by atoms with Crippen LogP contribution in [0.25, 0.3) is 0 Å².